The minimum absolute atomic E-state index is 0.280. The van der Waals surface area contributed by atoms with E-state index in [4.69, 9.17) is 14.5 Å². The number of ether oxygens (including phenoxy) is 2. The number of rotatable bonds is 6. The van der Waals surface area contributed by atoms with Crippen LogP contribution in [0.25, 0.3) is 11.0 Å². The molecule has 0 amide bonds. The zero-order valence-electron chi connectivity index (χ0n) is 15.8. The highest BCUT2D eigenvalue weighted by atomic mass is 16.5. The normalized spacial score (nSPS) is 17.4. The Kier molecular flexibility index (Phi) is 4.65. The van der Waals surface area contributed by atoms with E-state index >= 15 is 0 Å². The average Bonchev–Trinajstić information content (AvgIpc) is 3.34. The van der Waals surface area contributed by atoms with Crippen LogP contribution in [0.2, 0.25) is 0 Å². The molecule has 4 heterocycles. The van der Waals surface area contributed by atoms with Crippen molar-refractivity contribution in [1.82, 2.24) is 25.1 Å². The molecule has 2 N–H and O–H groups in total. The molecule has 0 saturated carbocycles. The van der Waals surface area contributed by atoms with E-state index in [-0.39, 0.29) is 6.04 Å². The Morgan fingerprint density at radius 2 is 2.30 bits per heavy atom. The predicted octanol–water partition coefficient (Wildman–Crippen LogP) is 2.67. The predicted molar refractivity (Wildman–Crippen MR) is 102 cm³/mol. The first-order chi connectivity index (χ1) is 13.1. The Labute approximate surface area is 157 Å². The Morgan fingerprint density at radius 3 is 3.07 bits per heavy atom. The van der Waals surface area contributed by atoms with Crippen molar-refractivity contribution in [3.8, 4) is 5.88 Å². The fraction of sp³-hybridized carbons (Fsp3) is 0.474. The first kappa shape index (κ1) is 17.7. The van der Waals surface area contributed by atoms with Crippen LogP contribution in [0, 0.1) is 0 Å². The van der Waals surface area contributed by atoms with E-state index in [0.29, 0.717) is 19.1 Å². The van der Waals surface area contributed by atoms with Gasteiger partial charge in [-0.25, -0.2) is 15.0 Å². The number of fused-ring (bicyclic) bond motifs is 1. The first-order valence-electron chi connectivity index (χ1n) is 9.22. The Hall–Kier alpha value is -2.74. The molecule has 0 spiro atoms. The first-order valence-corrected chi connectivity index (χ1v) is 9.22. The van der Waals surface area contributed by atoms with Gasteiger partial charge in [-0.05, 0) is 33.3 Å². The van der Waals surface area contributed by atoms with E-state index in [9.17, 15) is 0 Å². The van der Waals surface area contributed by atoms with E-state index in [1.54, 1.807) is 6.20 Å². The molecule has 1 saturated heterocycles. The monoisotopic (exact) mass is 368 g/mol. The molecule has 8 nitrogen and oxygen atoms in total. The van der Waals surface area contributed by atoms with Gasteiger partial charge in [0.25, 0.3) is 0 Å². The number of anilines is 1. The lowest BCUT2D eigenvalue weighted by molar-refractivity contribution is 0.195. The molecule has 0 bridgehead atoms. The summed E-state index contributed by atoms with van der Waals surface area (Å²) in [5.74, 6) is 0.588. The van der Waals surface area contributed by atoms with Gasteiger partial charge in [0, 0.05) is 30.0 Å². The standard InChI is InChI=1S/C19H24N6O2/c1-4-27-18-13(8-20-11-21-18)19(2,3)16-7-14(23-12-5-6-26-10-12)17-15(24-16)9-22-25-17/h7-9,11-12H,4-6,10H2,1-3H3,(H,22,25)(H,23,24)/t12-/m1/s1. The summed E-state index contributed by atoms with van der Waals surface area (Å²) in [6, 6.07) is 2.34. The van der Waals surface area contributed by atoms with Gasteiger partial charge in [0.1, 0.15) is 17.4 Å². The summed E-state index contributed by atoms with van der Waals surface area (Å²) in [4.78, 5) is 13.4. The number of aromatic nitrogens is 5. The summed E-state index contributed by atoms with van der Waals surface area (Å²) < 4.78 is 11.2. The molecule has 0 aliphatic carbocycles. The molecule has 0 aromatic carbocycles. The van der Waals surface area contributed by atoms with Gasteiger partial charge in [0.15, 0.2) is 0 Å². The van der Waals surface area contributed by atoms with Crippen molar-refractivity contribution >= 4 is 16.7 Å². The third-order valence-corrected chi connectivity index (χ3v) is 4.96. The van der Waals surface area contributed by atoms with Crippen molar-refractivity contribution in [3.63, 3.8) is 0 Å². The number of hydrogen-bond donors (Lipinski definition) is 2. The lowest BCUT2D eigenvalue weighted by Gasteiger charge is -2.26. The van der Waals surface area contributed by atoms with Crippen LogP contribution >= 0.6 is 0 Å². The number of aromatic amines is 1. The summed E-state index contributed by atoms with van der Waals surface area (Å²) in [5, 5.41) is 10.8. The highest BCUT2D eigenvalue weighted by Crippen LogP contribution is 2.37. The van der Waals surface area contributed by atoms with Crippen molar-refractivity contribution < 1.29 is 9.47 Å². The molecule has 3 aromatic rings. The van der Waals surface area contributed by atoms with Gasteiger partial charge in [-0.1, -0.05) is 0 Å². The zero-order valence-corrected chi connectivity index (χ0v) is 15.8. The van der Waals surface area contributed by atoms with Crippen LogP contribution in [0.5, 0.6) is 5.88 Å². The van der Waals surface area contributed by atoms with E-state index in [1.165, 1.54) is 6.33 Å². The van der Waals surface area contributed by atoms with Gasteiger partial charge in [-0.15, -0.1) is 0 Å². The lowest BCUT2D eigenvalue weighted by Crippen LogP contribution is -2.24. The molecule has 8 heteroatoms. The van der Waals surface area contributed by atoms with Crippen LogP contribution < -0.4 is 10.1 Å². The molecule has 3 aromatic heterocycles. The van der Waals surface area contributed by atoms with Crippen molar-refractivity contribution in [2.45, 2.75) is 38.6 Å². The number of H-pyrrole nitrogens is 1. The maximum Gasteiger partial charge on any atom is 0.220 e. The summed E-state index contributed by atoms with van der Waals surface area (Å²) in [7, 11) is 0. The third-order valence-electron chi connectivity index (χ3n) is 4.96. The second kappa shape index (κ2) is 7.11. The second-order valence-electron chi connectivity index (χ2n) is 7.18. The smallest absolute Gasteiger partial charge is 0.220 e. The van der Waals surface area contributed by atoms with Gasteiger partial charge in [0.05, 0.1) is 30.6 Å². The van der Waals surface area contributed by atoms with E-state index in [1.807, 2.05) is 13.1 Å². The SMILES string of the molecule is CCOc1ncncc1C(C)(C)c1cc(N[C@@H]2CCOC2)c2n[nH]cc2n1. The van der Waals surface area contributed by atoms with Gasteiger partial charge >= 0.3 is 0 Å². The van der Waals surface area contributed by atoms with Crippen LogP contribution in [0.15, 0.2) is 24.8 Å². The van der Waals surface area contributed by atoms with Gasteiger partial charge in [-0.2, -0.15) is 5.10 Å². The Bertz CT molecular complexity index is 933. The zero-order chi connectivity index (χ0) is 18.9. The number of hydrogen-bond acceptors (Lipinski definition) is 7. The van der Waals surface area contributed by atoms with Crippen LogP contribution in [-0.2, 0) is 10.2 Å². The minimum atomic E-state index is -0.445. The van der Waals surface area contributed by atoms with Gasteiger partial charge < -0.3 is 14.8 Å². The number of nitrogens with one attached hydrogen (secondary N) is 2. The van der Waals surface area contributed by atoms with Gasteiger partial charge in [-0.3, -0.25) is 5.10 Å². The van der Waals surface area contributed by atoms with E-state index < -0.39 is 5.41 Å². The van der Waals surface area contributed by atoms with Crippen molar-refractivity contribution in [3.05, 3.63) is 36.0 Å². The van der Waals surface area contributed by atoms with E-state index in [0.717, 1.165) is 41.0 Å². The number of nitrogens with zero attached hydrogens (tertiary/aromatic N) is 4. The lowest BCUT2D eigenvalue weighted by atomic mass is 9.82. The van der Waals surface area contributed by atoms with Gasteiger partial charge in [0.2, 0.25) is 5.88 Å². The van der Waals surface area contributed by atoms with Crippen LogP contribution in [0.3, 0.4) is 0 Å². The average molecular weight is 368 g/mol. The molecule has 0 radical (unpaired) electrons. The van der Waals surface area contributed by atoms with Crippen molar-refractivity contribution in [2.75, 3.05) is 25.1 Å². The third kappa shape index (κ3) is 3.32. The van der Waals surface area contributed by atoms with Crippen molar-refractivity contribution in [1.29, 1.82) is 0 Å². The molecule has 1 atom stereocenters. The molecule has 142 valence electrons. The minimum Gasteiger partial charge on any atom is -0.478 e. The summed E-state index contributed by atoms with van der Waals surface area (Å²) in [6.45, 7) is 8.18. The van der Waals surface area contributed by atoms with E-state index in [2.05, 4.69) is 45.4 Å². The summed E-state index contributed by atoms with van der Waals surface area (Å²) in [5.41, 5.74) is 3.95. The molecule has 4 rings (SSSR count). The Balaban J connectivity index is 1.78. The molecule has 1 fully saturated rings. The van der Waals surface area contributed by atoms with Crippen LogP contribution in [-0.4, -0.2) is 51.0 Å². The summed E-state index contributed by atoms with van der Waals surface area (Å²) >= 11 is 0. The van der Waals surface area contributed by atoms with Crippen LogP contribution in [0.4, 0.5) is 5.69 Å². The molecule has 27 heavy (non-hydrogen) atoms. The molecular weight excluding hydrogens is 344 g/mol. The summed E-state index contributed by atoms with van der Waals surface area (Å²) in [6.07, 6.45) is 6.10. The highest BCUT2D eigenvalue weighted by Gasteiger charge is 2.31. The van der Waals surface area contributed by atoms with Crippen molar-refractivity contribution in [2.24, 2.45) is 0 Å². The quantitative estimate of drug-likeness (QED) is 0.690. The molecular formula is C19H24N6O2. The maximum absolute atomic E-state index is 5.73. The highest BCUT2D eigenvalue weighted by molar-refractivity contribution is 5.87. The second-order valence-corrected chi connectivity index (χ2v) is 7.18. The fourth-order valence-corrected chi connectivity index (χ4v) is 3.37. The Morgan fingerprint density at radius 1 is 1.41 bits per heavy atom. The van der Waals surface area contributed by atoms with Crippen LogP contribution in [0.1, 0.15) is 38.4 Å². The largest absolute Gasteiger partial charge is 0.478 e. The molecule has 0 unspecified atom stereocenters. The fourth-order valence-electron chi connectivity index (χ4n) is 3.37. The number of pyridine rings is 1. The molecule has 1 aliphatic heterocycles. The maximum atomic E-state index is 5.73. The molecule has 1 aliphatic rings. The topological polar surface area (TPSA) is 97.8 Å².